The predicted molar refractivity (Wildman–Crippen MR) is 117 cm³/mol. The number of benzene rings is 2. The average Bonchev–Trinajstić information content (AvgIpc) is 3.25. The molecular formula is C24H21N3O5. The van der Waals surface area contributed by atoms with Gasteiger partial charge in [0.1, 0.15) is 5.69 Å². The average molecular weight is 431 g/mol. The van der Waals surface area contributed by atoms with Crippen molar-refractivity contribution in [3.05, 3.63) is 94.4 Å². The Morgan fingerprint density at radius 2 is 1.72 bits per heavy atom. The molecule has 8 heteroatoms. The molecule has 0 bridgehead atoms. The van der Waals surface area contributed by atoms with Gasteiger partial charge >= 0.3 is 11.9 Å². The number of H-pyrrole nitrogens is 1. The Morgan fingerprint density at radius 3 is 2.41 bits per heavy atom. The zero-order valence-corrected chi connectivity index (χ0v) is 17.4. The van der Waals surface area contributed by atoms with Crippen LogP contribution in [0.3, 0.4) is 0 Å². The fourth-order valence-electron chi connectivity index (χ4n) is 3.28. The van der Waals surface area contributed by atoms with Crippen molar-refractivity contribution >= 4 is 17.6 Å². The number of rotatable bonds is 7. The molecule has 162 valence electrons. The quantitative estimate of drug-likeness (QED) is 0.451. The van der Waals surface area contributed by atoms with Crippen molar-refractivity contribution in [1.82, 2.24) is 14.6 Å². The predicted octanol–water partition coefficient (Wildman–Crippen LogP) is 3.02. The van der Waals surface area contributed by atoms with E-state index in [-0.39, 0.29) is 29.9 Å². The lowest BCUT2D eigenvalue weighted by Gasteiger charge is -2.16. The molecule has 0 aliphatic carbocycles. The van der Waals surface area contributed by atoms with Crippen LogP contribution in [0.4, 0.5) is 0 Å². The minimum Gasteiger partial charge on any atom is -0.463 e. The molecule has 1 unspecified atom stereocenters. The molecule has 0 radical (unpaired) electrons. The third-order valence-electron chi connectivity index (χ3n) is 4.80. The van der Waals surface area contributed by atoms with Crippen LogP contribution in [0.5, 0.6) is 0 Å². The molecule has 4 rings (SSSR count). The highest BCUT2D eigenvalue weighted by molar-refractivity contribution is 5.90. The summed E-state index contributed by atoms with van der Waals surface area (Å²) < 4.78 is 11.7. The van der Waals surface area contributed by atoms with Crippen molar-refractivity contribution in [2.75, 3.05) is 6.61 Å². The summed E-state index contributed by atoms with van der Waals surface area (Å²) in [6.07, 6.45) is -0.956. The molecule has 2 heterocycles. The maximum Gasteiger partial charge on any atom is 0.357 e. The zero-order chi connectivity index (χ0) is 22.5. The second-order valence-corrected chi connectivity index (χ2v) is 7.04. The molecule has 0 aliphatic rings. The summed E-state index contributed by atoms with van der Waals surface area (Å²) in [5, 5.41) is 2.70. The van der Waals surface area contributed by atoms with Crippen LogP contribution in [0.1, 0.15) is 23.0 Å². The first-order valence-corrected chi connectivity index (χ1v) is 10.1. The minimum atomic E-state index is -1.12. The summed E-state index contributed by atoms with van der Waals surface area (Å²) in [7, 11) is 0. The summed E-state index contributed by atoms with van der Waals surface area (Å²) in [6, 6.07) is 21.2. The first-order valence-electron chi connectivity index (χ1n) is 10.1. The van der Waals surface area contributed by atoms with Crippen molar-refractivity contribution in [3.63, 3.8) is 0 Å². The summed E-state index contributed by atoms with van der Waals surface area (Å²) in [6.45, 7) is 1.84. The Kier molecular flexibility index (Phi) is 6.12. The minimum absolute atomic E-state index is 0.00201. The van der Waals surface area contributed by atoms with Gasteiger partial charge in [0.15, 0.2) is 5.65 Å². The van der Waals surface area contributed by atoms with Gasteiger partial charge in [0.05, 0.1) is 12.3 Å². The SMILES string of the molecule is CCOC(=O)C(Cc1ccccc1)OC(=O)c1cc2nc(-c3ccccc3)cc(=O)n2[nH]1. The van der Waals surface area contributed by atoms with Crippen molar-refractivity contribution in [2.45, 2.75) is 19.4 Å². The van der Waals surface area contributed by atoms with E-state index in [4.69, 9.17) is 9.47 Å². The van der Waals surface area contributed by atoms with Gasteiger partial charge < -0.3 is 9.47 Å². The van der Waals surface area contributed by atoms with Gasteiger partial charge in [0.2, 0.25) is 6.10 Å². The van der Waals surface area contributed by atoms with E-state index >= 15 is 0 Å². The van der Waals surface area contributed by atoms with Crippen molar-refractivity contribution in [3.8, 4) is 11.3 Å². The topological polar surface area (TPSA) is 103 Å². The molecule has 4 aromatic rings. The molecule has 1 N–H and O–H groups in total. The van der Waals surface area contributed by atoms with E-state index in [1.165, 1.54) is 12.1 Å². The van der Waals surface area contributed by atoms with Gasteiger partial charge in [-0.25, -0.2) is 19.1 Å². The smallest absolute Gasteiger partial charge is 0.357 e. The van der Waals surface area contributed by atoms with Crippen LogP contribution >= 0.6 is 0 Å². The summed E-state index contributed by atoms with van der Waals surface area (Å²) in [5.74, 6) is -1.42. The molecule has 0 fully saturated rings. The number of carbonyl (C=O) groups excluding carboxylic acids is 2. The number of nitrogens with one attached hydrogen (secondary N) is 1. The highest BCUT2D eigenvalue weighted by Crippen LogP contribution is 2.16. The molecule has 0 saturated heterocycles. The van der Waals surface area contributed by atoms with E-state index in [0.29, 0.717) is 5.69 Å². The summed E-state index contributed by atoms with van der Waals surface area (Å²) >= 11 is 0. The maximum atomic E-state index is 12.8. The molecule has 0 amide bonds. The Bertz CT molecular complexity index is 1300. The summed E-state index contributed by atoms with van der Waals surface area (Å²) in [4.78, 5) is 42.1. The van der Waals surface area contributed by atoms with E-state index < -0.39 is 18.0 Å². The standard InChI is InChI=1S/C24H21N3O5/c1-2-31-24(30)20(13-16-9-5-3-6-10-16)32-23(29)19-14-21-25-18(15-22(28)27(21)26-19)17-11-7-4-8-12-17/h3-12,14-15,20,26H,2,13H2,1H3. The number of carbonyl (C=O) groups is 2. The lowest BCUT2D eigenvalue weighted by atomic mass is 10.1. The Labute approximate surface area is 183 Å². The molecule has 32 heavy (non-hydrogen) atoms. The lowest BCUT2D eigenvalue weighted by Crippen LogP contribution is -2.31. The fraction of sp³-hybridized carbons (Fsp3) is 0.167. The van der Waals surface area contributed by atoms with Gasteiger partial charge in [-0.2, -0.15) is 0 Å². The Morgan fingerprint density at radius 1 is 1.03 bits per heavy atom. The molecular weight excluding hydrogens is 410 g/mol. The number of aromatic amines is 1. The second kappa shape index (κ2) is 9.30. The highest BCUT2D eigenvalue weighted by atomic mass is 16.6. The largest absolute Gasteiger partial charge is 0.463 e. The number of fused-ring (bicyclic) bond motifs is 1. The molecule has 0 aliphatic heterocycles. The van der Waals surface area contributed by atoms with Crippen LogP contribution in [0.25, 0.3) is 16.9 Å². The molecule has 2 aromatic carbocycles. The molecule has 1 atom stereocenters. The lowest BCUT2D eigenvalue weighted by molar-refractivity contribution is -0.153. The van der Waals surface area contributed by atoms with E-state index in [0.717, 1.165) is 15.6 Å². The Hall–Kier alpha value is -4.20. The zero-order valence-electron chi connectivity index (χ0n) is 17.4. The van der Waals surface area contributed by atoms with Crippen molar-refractivity contribution in [1.29, 1.82) is 0 Å². The monoisotopic (exact) mass is 431 g/mol. The van der Waals surface area contributed by atoms with Gasteiger partial charge in [0.25, 0.3) is 5.56 Å². The van der Waals surface area contributed by atoms with E-state index in [1.807, 2.05) is 60.7 Å². The number of hydrogen-bond donors (Lipinski definition) is 1. The fourth-order valence-corrected chi connectivity index (χ4v) is 3.28. The number of nitrogens with zero attached hydrogens (tertiary/aromatic N) is 2. The normalized spacial score (nSPS) is 11.8. The van der Waals surface area contributed by atoms with Crippen molar-refractivity contribution < 1.29 is 19.1 Å². The summed E-state index contributed by atoms with van der Waals surface area (Å²) in [5.41, 5.74) is 1.98. The number of esters is 2. The third kappa shape index (κ3) is 4.59. The maximum absolute atomic E-state index is 12.8. The highest BCUT2D eigenvalue weighted by Gasteiger charge is 2.26. The van der Waals surface area contributed by atoms with Gasteiger partial charge in [-0.15, -0.1) is 0 Å². The van der Waals surface area contributed by atoms with Crippen LogP contribution in [0.15, 0.2) is 77.6 Å². The van der Waals surface area contributed by atoms with Gasteiger partial charge in [-0.05, 0) is 12.5 Å². The van der Waals surface area contributed by atoms with Crippen LogP contribution in [0, 0.1) is 0 Å². The first-order chi connectivity index (χ1) is 15.5. The molecule has 0 saturated carbocycles. The number of ether oxygens (including phenoxy) is 2. The van der Waals surface area contributed by atoms with Gasteiger partial charge in [-0.1, -0.05) is 60.7 Å². The van der Waals surface area contributed by atoms with Gasteiger partial charge in [-0.3, -0.25) is 9.89 Å². The third-order valence-corrected chi connectivity index (χ3v) is 4.80. The van der Waals surface area contributed by atoms with Crippen LogP contribution in [-0.4, -0.2) is 39.2 Å². The van der Waals surface area contributed by atoms with E-state index in [1.54, 1.807) is 6.92 Å². The number of aromatic nitrogens is 3. The second-order valence-electron chi connectivity index (χ2n) is 7.04. The molecule has 0 spiro atoms. The van der Waals surface area contributed by atoms with Crippen LogP contribution < -0.4 is 5.56 Å². The van der Waals surface area contributed by atoms with Crippen molar-refractivity contribution in [2.24, 2.45) is 0 Å². The van der Waals surface area contributed by atoms with E-state index in [9.17, 15) is 14.4 Å². The Balaban J connectivity index is 1.60. The van der Waals surface area contributed by atoms with Crippen LogP contribution in [-0.2, 0) is 20.7 Å². The molecule has 2 aromatic heterocycles. The van der Waals surface area contributed by atoms with E-state index in [2.05, 4.69) is 10.1 Å². The van der Waals surface area contributed by atoms with Crippen LogP contribution in [0.2, 0.25) is 0 Å². The van der Waals surface area contributed by atoms with Gasteiger partial charge in [0, 0.05) is 24.1 Å². The number of hydrogen-bond acceptors (Lipinski definition) is 6. The first kappa shape index (κ1) is 21.0. The molecule has 8 nitrogen and oxygen atoms in total.